The minimum Gasteiger partial charge on any atom is -0.400 e. The average molecular weight is 485 g/mol. The van der Waals surface area contributed by atoms with E-state index < -0.39 is 0 Å². The van der Waals surface area contributed by atoms with Crippen molar-refractivity contribution < 1.29 is 5.11 Å². The third kappa shape index (κ3) is 19.1. The van der Waals surface area contributed by atoms with Crippen LogP contribution in [0, 0.1) is 18.8 Å². The Labute approximate surface area is 221 Å². The SMILES string of the molecule is C/C=C(\C=C(/C)c1cc(C)ccc1CC)C/C(C)=C/C.C=CC.CC.CC1CCC(C)CC1.CO. The van der Waals surface area contributed by atoms with E-state index in [9.17, 15) is 0 Å². The highest BCUT2D eigenvalue weighted by Crippen LogP contribution is 2.27. The summed E-state index contributed by atoms with van der Waals surface area (Å²) in [6, 6.07) is 6.77. The number of allylic oxidation sites excluding steroid dienone is 7. The van der Waals surface area contributed by atoms with Crippen molar-refractivity contribution in [1.29, 1.82) is 0 Å². The summed E-state index contributed by atoms with van der Waals surface area (Å²) in [4.78, 5) is 0. The summed E-state index contributed by atoms with van der Waals surface area (Å²) in [5, 5.41) is 7.00. The van der Waals surface area contributed by atoms with Gasteiger partial charge in [-0.05, 0) is 88.5 Å². The van der Waals surface area contributed by atoms with Gasteiger partial charge in [0.2, 0.25) is 0 Å². The first kappa shape index (κ1) is 37.7. The van der Waals surface area contributed by atoms with E-state index in [2.05, 4.69) is 98.4 Å². The van der Waals surface area contributed by atoms with E-state index in [4.69, 9.17) is 5.11 Å². The minimum atomic E-state index is 1.00. The molecule has 0 amide bonds. The van der Waals surface area contributed by atoms with Crippen LogP contribution >= 0.6 is 0 Å². The van der Waals surface area contributed by atoms with Crippen LogP contribution in [0.4, 0.5) is 0 Å². The van der Waals surface area contributed by atoms with Crippen LogP contribution in [0.5, 0.6) is 0 Å². The Bertz CT molecular complexity index is 715. The summed E-state index contributed by atoms with van der Waals surface area (Å²) in [6.45, 7) is 27.0. The Balaban J connectivity index is -0.000000561. The smallest absolute Gasteiger partial charge is 0.0319 e. The van der Waals surface area contributed by atoms with Crippen molar-refractivity contribution in [2.75, 3.05) is 7.11 Å². The number of aliphatic hydroxyl groups is 1. The van der Waals surface area contributed by atoms with Crippen molar-refractivity contribution in [3.8, 4) is 0 Å². The molecule has 1 aromatic carbocycles. The molecule has 0 unspecified atom stereocenters. The fraction of sp³-hybridized carbons (Fsp3) is 0.588. The molecule has 0 spiro atoms. The number of aliphatic hydroxyl groups excluding tert-OH is 1. The zero-order valence-electron chi connectivity index (χ0n) is 25.6. The van der Waals surface area contributed by atoms with Crippen molar-refractivity contribution in [3.63, 3.8) is 0 Å². The maximum Gasteiger partial charge on any atom is 0.0319 e. The van der Waals surface area contributed by atoms with E-state index in [-0.39, 0.29) is 0 Å². The van der Waals surface area contributed by atoms with Crippen molar-refractivity contribution in [3.05, 3.63) is 76.9 Å². The monoisotopic (exact) mass is 484 g/mol. The number of aryl methyl sites for hydroxylation is 2. The molecule has 0 aliphatic heterocycles. The molecule has 0 aromatic heterocycles. The third-order valence-electron chi connectivity index (χ3n) is 6.12. The maximum absolute atomic E-state index is 7.00. The predicted molar refractivity (Wildman–Crippen MR) is 164 cm³/mol. The molecule has 35 heavy (non-hydrogen) atoms. The Kier molecular flexibility index (Phi) is 27.2. The average Bonchev–Trinajstić information content (AvgIpc) is 2.88. The summed E-state index contributed by atoms with van der Waals surface area (Å²) in [5.41, 5.74) is 8.33. The molecule has 0 atom stereocenters. The lowest BCUT2D eigenvalue weighted by Crippen LogP contribution is -2.08. The van der Waals surface area contributed by atoms with Gasteiger partial charge in [0.25, 0.3) is 0 Å². The third-order valence-corrected chi connectivity index (χ3v) is 6.12. The van der Waals surface area contributed by atoms with E-state index >= 15 is 0 Å². The molecular weight excluding hydrogens is 424 g/mol. The number of benzene rings is 1. The van der Waals surface area contributed by atoms with Gasteiger partial charge in [-0.2, -0.15) is 0 Å². The molecule has 1 aromatic rings. The van der Waals surface area contributed by atoms with Crippen LogP contribution < -0.4 is 0 Å². The lowest BCUT2D eigenvalue weighted by molar-refractivity contribution is 0.308. The molecule has 1 heteroatoms. The second-order valence-corrected chi connectivity index (χ2v) is 9.29. The lowest BCUT2D eigenvalue weighted by Gasteiger charge is -2.22. The number of hydrogen-bond acceptors (Lipinski definition) is 1. The molecule has 0 bridgehead atoms. The molecule has 1 fully saturated rings. The van der Waals surface area contributed by atoms with Gasteiger partial charge in [-0.15, -0.1) is 6.58 Å². The molecule has 1 aliphatic carbocycles. The van der Waals surface area contributed by atoms with Crippen LogP contribution in [-0.4, -0.2) is 12.2 Å². The summed E-state index contributed by atoms with van der Waals surface area (Å²) in [6.07, 6.45) is 16.5. The minimum absolute atomic E-state index is 1.00. The van der Waals surface area contributed by atoms with Crippen LogP contribution in [0.1, 0.15) is 118 Å². The first-order valence-electron chi connectivity index (χ1n) is 13.8. The molecule has 1 nitrogen and oxygen atoms in total. The second-order valence-electron chi connectivity index (χ2n) is 9.29. The Morgan fingerprint density at radius 3 is 1.77 bits per heavy atom. The molecule has 1 saturated carbocycles. The quantitative estimate of drug-likeness (QED) is 0.325. The van der Waals surface area contributed by atoms with Crippen LogP contribution in [-0.2, 0) is 6.42 Å². The topological polar surface area (TPSA) is 20.2 Å². The zero-order chi connectivity index (χ0) is 27.8. The van der Waals surface area contributed by atoms with Gasteiger partial charge in [-0.3, -0.25) is 0 Å². The van der Waals surface area contributed by atoms with E-state index in [1.165, 1.54) is 59.1 Å². The van der Waals surface area contributed by atoms with E-state index in [1.54, 1.807) is 6.08 Å². The first-order chi connectivity index (χ1) is 16.7. The Hall–Kier alpha value is -1.86. The Morgan fingerprint density at radius 1 is 0.943 bits per heavy atom. The summed E-state index contributed by atoms with van der Waals surface area (Å²) < 4.78 is 0. The molecule has 202 valence electrons. The summed E-state index contributed by atoms with van der Waals surface area (Å²) >= 11 is 0. The van der Waals surface area contributed by atoms with Gasteiger partial charge < -0.3 is 5.11 Å². The van der Waals surface area contributed by atoms with Crippen LogP contribution in [0.2, 0.25) is 0 Å². The fourth-order valence-electron chi connectivity index (χ4n) is 3.81. The molecule has 0 radical (unpaired) electrons. The predicted octanol–water partition coefficient (Wildman–Crippen LogP) is 10.9. The molecular formula is C34H60O. The van der Waals surface area contributed by atoms with E-state index in [0.29, 0.717) is 0 Å². The highest BCUT2D eigenvalue weighted by atomic mass is 16.2. The molecule has 0 saturated heterocycles. The summed E-state index contributed by atoms with van der Waals surface area (Å²) in [7, 11) is 1.00. The van der Waals surface area contributed by atoms with Crippen molar-refractivity contribution in [1.82, 2.24) is 0 Å². The molecule has 0 heterocycles. The normalized spacial score (nSPS) is 17.7. The van der Waals surface area contributed by atoms with Gasteiger partial charge in [0.1, 0.15) is 0 Å². The van der Waals surface area contributed by atoms with Crippen molar-refractivity contribution >= 4 is 5.57 Å². The molecule has 1 aliphatic rings. The van der Waals surface area contributed by atoms with E-state index in [1.807, 2.05) is 20.8 Å². The summed E-state index contributed by atoms with van der Waals surface area (Å²) in [5.74, 6) is 2.04. The van der Waals surface area contributed by atoms with Crippen molar-refractivity contribution in [2.45, 2.75) is 115 Å². The highest BCUT2D eigenvalue weighted by Gasteiger charge is 2.13. The van der Waals surface area contributed by atoms with Crippen LogP contribution in [0.15, 0.2) is 60.2 Å². The number of rotatable bonds is 5. The lowest BCUT2D eigenvalue weighted by atomic mass is 9.84. The maximum atomic E-state index is 7.00. The van der Waals surface area contributed by atoms with Gasteiger partial charge in [-0.1, -0.05) is 114 Å². The zero-order valence-corrected chi connectivity index (χ0v) is 25.6. The van der Waals surface area contributed by atoms with Gasteiger partial charge >= 0.3 is 0 Å². The fourth-order valence-corrected chi connectivity index (χ4v) is 3.81. The highest BCUT2D eigenvalue weighted by molar-refractivity contribution is 5.69. The molecule has 2 rings (SSSR count). The first-order valence-corrected chi connectivity index (χ1v) is 13.8. The Morgan fingerprint density at radius 2 is 1.40 bits per heavy atom. The van der Waals surface area contributed by atoms with E-state index in [0.717, 1.165) is 31.8 Å². The number of hydrogen-bond donors (Lipinski definition) is 1. The largest absolute Gasteiger partial charge is 0.400 e. The van der Waals surface area contributed by atoms with Crippen LogP contribution in [0.25, 0.3) is 5.57 Å². The van der Waals surface area contributed by atoms with Gasteiger partial charge in [0.15, 0.2) is 0 Å². The molecule has 1 N–H and O–H groups in total. The second kappa shape index (κ2) is 25.2. The van der Waals surface area contributed by atoms with Gasteiger partial charge in [0, 0.05) is 7.11 Å². The van der Waals surface area contributed by atoms with Crippen molar-refractivity contribution in [2.24, 2.45) is 11.8 Å². The van der Waals surface area contributed by atoms with Crippen LogP contribution in [0.3, 0.4) is 0 Å². The van der Waals surface area contributed by atoms with Gasteiger partial charge in [0.05, 0.1) is 0 Å². The standard InChI is InChI=1S/C20H28.C8H16.C3H6.C2H6.CH4O/c1-7-15(4)12-18(8-2)14-17(6)20-13-16(5)10-11-19(20)9-3;1-7-3-5-8(2)6-4-7;1-3-2;2*1-2/h7-8,10-11,13-14H,9,12H2,1-6H3;7-8H,3-6H2,1-2H3;3H,1H2,2H3;1-2H3;2H,1H3/b15-7+,17-14+,18-8-;;;;. The van der Waals surface area contributed by atoms with Gasteiger partial charge in [-0.25, -0.2) is 0 Å².